The third-order valence-corrected chi connectivity index (χ3v) is 4.20. The number of para-hydroxylation sites is 1. The molecule has 22 heavy (non-hydrogen) atoms. The number of rotatable bonds is 1. The van der Waals surface area contributed by atoms with Gasteiger partial charge in [-0.25, -0.2) is 0 Å². The second-order valence-corrected chi connectivity index (χ2v) is 6.40. The molecule has 0 saturated heterocycles. The van der Waals surface area contributed by atoms with Gasteiger partial charge < -0.3 is 4.89 Å². The van der Waals surface area contributed by atoms with E-state index in [0.29, 0.717) is 12.2 Å². The van der Waals surface area contributed by atoms with Crippen molar-refractivity contribution in [3.63, 3.8) is 0 Å². The Morgan fingerprint density at radius 2 is 1.82 bits per heavy atom. The van der Waals surface area contributed by atoms with E-state index in [1.807, 2.05) is 25.1 Å². The lowest BCUT2D eigenvalue weighted by atomic mass is 10.1. The minimum atomic E-state index is -4.05. The lowest BCUT2D eigenvalue weighted by Gasteiger charge is -2.14. The summed E-state index contributed by atoms with van der Waals surface area (Å²) in [7, 11) is -4.05. The van der Waals surface area contributed by atoms with Crippen LogP contribution in [0.25, 0.3) is 0 Å². The van der Waals surface area contributed by atoms with Gasteiger partial charge in [0.2, 0.25) is 0 Å². The van der Waals surface area contributed by atoms with Crippen molar-refractivity contribution in [3.05, 3.63) is 59.2 Å². The summed E-state index contributed by atoms with van der Waals surface area (Å²) in [6, 6.07) is 12.7. The molecule has 0 fully saturated rings. The SMILES string of the molecule is Cc1ccc(S(=O)(=O)O)c(C)c1.c1ccc2c(c1)CCOO2. The molecule has 0 saturated carbocycles. The normalized spacial score (nSPS) is 13.4. The molecule has 0 aromatic heterocycles. The van der Waals surface area contributed by atoms with Crippen molar-refractivity contribution < 1.29 is 22.7 Å². The van der Waals surface area contributed by atoms with Gasteiger partial charge in [0.1, 0.15) is 0 Å². The highest BCUT2D eigenvalue weighted by atomic mass is 32.2. The number of aryl methyl sites for hydroxylation is 2. The van der Waals surface area contributed by atoms with Crippen molar-refractivity contribution in [2.45, 2.75) is 25.2 Å². The summed E-state index contributed by atoms with van der Waals surface area (Å²) in [5.74, 6) is 0.855. The quantitative estimate of drug-likeness (QED) is 0.645. The molecular formula is C16H18O5S. The lowest BCUT2D eigenvalue weighted by Crippen LogP contribution is -2.10. The zero-order valence-electron chi connectivity index (χ0n) is 12.4. The minimum absolute atomic E-state index is 0.0203. The molecule has 0 bridgehead atoms. The molecule has 0 unspecified atom stereocenters. The Morgan fingerprint density at radius 3 is 2.45 bits per heavy atom. The van der Waals surface area contributed by atoms with Gasteiger partial charge >= 0.3 is 0 Å². The predicted octanol–water partition coefficient (Wildman–Crippen LogP) is 3.10. The summed E-state index contributed by atoms with van der Waals surface area (Å²) in [4.78, 5) is 9.70. The molecule has 0 amide bonds. The van der Waals surface area contributed by atoms with E-state index >= 15 is 0 Å². The van der Waals surface area contributed by atoms with Crippen LogP contribution in [0.5, 0.6) is 5.75 Å². The van der Waals surface area contributed by atoms with Gasteiger partial charge in [-0.1, -0.05) is 35.9 Å². The van der Waals surface area contributed by atoms with Crippen LogP contribution in [0.1, 0.15) is 16.7 Å². The van der Waals surface area contributed by atoms with E-state index in [4.69, 9.17) is 14.3 Å². The Bertz CT molecular complexity index is 728. The molecule has 0 aliphatic carbocycles. The summed E-state index contributed by atoms with van der Waals surface area (Å²) >= 11 is 0. The van der Waals surface area contributed by atoms with Crippen LogP contribution in [0.2, 0.25) is 0 Å². The highest BCUT2D eigenvalue weighted by molar-refractivity contribution is 7.85. The van der Waals surface area contributed by atoms with E-state index in [0.717, 1.165) is 17.7 Å². The lowest BCUT2D eigenvalue weighted by molar-refractivity contribution is -0.215. The topological polar surface area (TPSA) is 72.8 Å². The molecule has 0 atom stereocenters. The van der Waals surface area contributed by atoms with Crippen LogP contribution in [0, 0.1) is 13.8 Å². The summed E-state index contributed by atoms with van der Waals surface area (Å²) in [6.07, 6.45) is 0.955. The molecule has 0 radical (unpaired) electrons. The van der Waals surface area contributed by atoms with E-state index in [9.17, 15) is 8.42 Å². The molecule has 6 heteroatoms. The molecule has 0 spiro atoms. The molecule has 5 nitrogen and oxygen atoms in total. The van der Waals surface area contributed by atoms with Crippen molar-refractivity contribution in [2.75, 3.05) is 6.61 Å². The predicted molar refractivity (Wildman–Crippen MR) is 82.5 cm³/mol. The average molecular weight is 322 g/mol. The van der Waals surface area contributed by atoms with E-state index in [1.54, 1.807) is 19.1 Å². The van der Waals surface area contributed by atoms with E-state index in [-0.39, 0.29) is 4.90 Å². The Kier molecular flexibility index (Phi) is 5.18. The molecule has 1 heterocycles. The fourth-order valence-electron chi connectivity index (χ4n) is 2.14. The molecule has 2 aromatic rings. The van der Waals surface area contributed by atoms with Gasteiger partial charge in [-0.05, 0) is 31.5 Å². The Morgan fingerprint density at radius 1 is 1.09 bits per heavy atom. The standard InChI is InChI=1S/C8H10O3S.C8H8O2/c1-6-3-4-8(7(2)5-6)12(9,10)11;1-2-4-8-7(3-1)5-6-9-10-8/h3-5H,1-2H3,(H,9,10,11);1-4H,5-6H2. The number of hydrogen-bond acceptors (Lipinski definition) is 4. The highest BCUT2D eigenvalue weighted by Crippen LogP contribution is 2.21. The third-order valence-electron chi connectivity index (χ3n) is 3.18. The average Bonchev–Trinajstić information content (AvgIpc) is 2.46. The Balaban J connectivity index is 0.000000162. The Hall–Kier alpha value is -1.89. The van der Waals surface area contributed by atoms with Crippen LogP contribution in [0.15, 0.2) is 47.4 Å². The molecule has 118 valence electrons. The van der Waals surface area contributed by atoms with Crippen molar-refractivity contribution in [2.24, 2.45) is 0 Å². The van der Waals surface area contributed by atoms with E-state index < -0.39 is 10.1 Å². The van der Waals surface area contributed by atoms with Crippen LogP contribution in [-0.4, -0.2) is 19.6 Å². The van der Waals surface area contributed by atoms with Gasteiger partial charge in [0, 0.05) is 12.0 Å². The smallest absolute Gasteiger partial charge is 0.294 e. The zero-order valence-corrected chi connectivity index (χ0v) is 13.3. The van der Waals surface area contributed by atoms with Crippen molar-refractivity contribution in [1.29, 1.82) is 0 Å². The second kappa shape index (κ2) is 6.91. The monoisotopic (exact) mass is 322 g/mol. The number of benzene rings is 2. The summed E-state index contributed by atoms with van der Waals surface area (Å²) < 4.78 is 30.2. The first-order valence-electron chi connectivity index (χ1n) is 6.80. The van der Waals surface area contributed by atoms with Crippen LogP contribution in [0.4, 0.5) is 0 Å². The van der Waals surface area contributed by atoms with Crippen molar-refractivity contribution in [3.8, 4) is 5.75 Å². The molecular weight excluding hydrogens is 304 g/mol. The van der Waals surface area contributed by atoms with Crippen LogP contribution in [-0.2, 0) is 21.4 Å². The maximum absolute atomic E-state index is 10.7. The highest BCUT2D eigenvalue weighted by Gasteiger charge is 2.11. The van der Waals surface area contributed by atoms with E-state index in [2.05, 4.69) is 6.07 Å². The van der Waals surface area contributed by atoms with Crippen molar-refractivity contribution >= 4 is 10.1 Å². The number of hydrogen-bond donors (Lipinski definition) is 1. The van der Waals surface area contributed by atoms with Gasteiger partial charge in [0.05, 0.1) is 11.5 Å². The molecule has 3 rings (SSSR count). The molecule has 1 aliphatic heterocycles. The summed E-state index contributed by atoms with van der Waals surface area (Å²) in [5.41, 5.74) is 2.77. The van der Waals surface area contributed by atoms with Crippen LogP contribution >= 0.6 is 0 Å². The van der Waals surface area contributed by atoms with E-state index in [1.165, 1.54) is 11.6 Å². The van der Waals surface area contributed by atoms with Crippen molar-refractivity contribution in [1.82, 2.24) is 0 Å². The van der Waals surface area contributed by atoms with Crippen LogP contribution in [0.3, 0.4) is 0 Å². The maximum atomic E-state index is 10.7. The molecule has 1 N–H and O–H groups in total. The summed E-state index contributed by atoms with van der Waals surface area (Å²) in [5, 5.41) is 0. The molecule has 1 aliphatic rings. The third kappa shape index (κ3) is 4.30. The van der Waals surface area contributed by atoms with Gasteiger partial charge in [0.25, 0.3) is 10.1 Å². The summed E-state index contributed by atoms with van der Waals surface area (Å²) in [6.45, 7) is 4.17. The Labute approximate surface area is 130 Å². The van der Waals surface area contributed by atoms with Crippen LogP contribution < -0.4 is 4.89 Å². The van der Waals surface area contributed by atoms with Gasteiger partial charge in [-0.2, -0.15) is 13.3 Å². The first kappa shape index (κ1) is 16.5. The first-order chi connectivity index (χ1) is 10.4. The van der Waals surface area contributed by atoms with Gasteiger partial charge in [0.15, 0.2) is 5.75 Å². The first-order valence-corrected chi connectivity index (χ1v) is 8.24. The second-order valence-electron chi connectivity index (χ2n) is 5.01. The largest absolute Gasteiger partial charge is 0.337 e. The van der Waals surface area contributed by atoms with Gasteiger partial charge in [-0.3, -0.25) is 4.55 Å². The van der Waals surface area contributed by atoms with Gasteiger partial charge in [-0.15, -0.1) is 0 Å². The number of fused-ring (bicyclic) bond motifs is 1. The fraction of sp³-hybridized carbons (Fsp3) is 0.250. The maximum Gasteiger partial charge on any atom is 0.294 e. The minimum Gasteiger partial charge on any atom is -0.337 e. The zero-order chi connectivity index (χ0) is 16.2. The fourth-order valence-corrected chi connectivity index (χ4v) is 2.84. The molecule has 2 aromatic carbocycles.